The van der Waals surface area contributed by atoms with Gasteiger partial charge in [-0.15, -0.1) is 0 Å². The molecule has 0 aliphatic carbocycles. The van der Waals surface area contributed by atoms with Gasteiger partial charge in [-0.1, -0.05) is 12.1 Å². The molecule has 0 aliphatic rings. The van der Waals surface area contributed by atoms with E-state index in [0.717, 1.165) is 28.8 Å². The highest BCUT2D eigenvalue weighted by molar-refractivity contribution is 5.76. The minimum atomic E-state index is -0.182. The van der Waals surface area contributed by atoms with Gasteiger partial charge in [0.2, 0.25) is 0 Å². The Balaban J connectivity index is 1.80. The standard InChI is InChI=1S/C18H16N6O/c19-8-3-4-10-23-15-6-2-1-5-13(15)21-17(23)12-24-16-7-9-20-11-14(16)22-18(24)25/h1-2,5-7,9,11H,3-4,10,12H2,(H,22,25). The predicted octanol–water partition coefficient (Wildman–Crippen LogP) is 2.43. The third kappa shape index (κ3) is 2.68. The largest absolute Gasteiger partial charge is 0.326 e. The molecule has 0 aliphatic heterocycles. The lowest BCUT2D eigenvalue weighted by atomic mass is 10.3. The van der Waals surface area contributed by atoms with E-state index < -0.39 is 0 Å². The first-order valence-electron chi connectivity index (χ1n) is 8.11. The summed E-state index contributed by atoms with van der Waals surface area (Å²) in [7, 11) is 0. The van der Waals surface area contributed by atoms with Crippen molar-refractivity contribution in [3.8, 4) is 6.07 Å². The van der Waals surface area contributed by atoms with Gasteiger partial charge in [0.1, 0.15) is 5.82 Å². The number of aromatic nitrogens is 5. The molecule has 0 fully saturated rings. The summed E-state index contributed by atoms with van der Waals surface area (Å²) in [6.07, 6.45) is 4.55. The fraction of sp³-hybridized carbons (Fsp3) is 0.222. The van der Waals surface area contributed by atoms with Crippen LogP contribution in [-0.2, 0) is 13.1 Å². The molecular formula is C18H16N6O. The predicted molar refractivity (Wildman–Crippen MR) is 94.0 cm³/mol. The number of nitrogens with zero attached hydrogens (tertiary/aromatic N) is 5. The SMILES string of the molecule is N#CCCCn1c(Cn2c(=O)[nH]c3cnccc32)nc2ccccc21. The Kier molecular flexibility index (Phi) is 3.78. The molecule has 1 aromatic carbocycles. The Hall–Kier alpha value is -3.40. The van der Waals surface area contributed by atoms with E-state index in [0.29, 0.717) is 25.0 Å². The average Bonchev–Trinajstić information content (AvgIpc) is 3.13. The number of benzene rings is 1. The molecule has 124 valence electrons. The number of para-hydroxylation sites is 2. The van der Waals surface area contributed by atoms with Gasteiger partial charge in [-0.3, -0.25) is 9.55 Å². The van der Waals surface area contributed by atoms with Crippen LogP contribution in [-0.4, -0.2) is 24.1 Å². The van der Waals surface area contributed by atoms with Crippen molar-refractivity contribution in [2.75, 3.05) is 0 Å². The third-order valence-corrected chi connectivity index (χ3v) is 4.28. The number of hydrogen-bond acceptors (Lipinski definition) is 4. The molecule has 3 heterocycles. The number of nitrogens with one attached hydrogen (secondary N) is 1. The van der Waals surface area contributed by atoms with E-state index in [1.165, 1.54) is 0 Å². The number of unbranched alkanes of at least 4 members (excludes halogenated alkanes) is 1. The summed E-state index contributed by atoms with van der Waals surface area (Å²) < 4.78 is 3.76. The van der Waals surface area contributed by atoms with E-state index in [1.54, 1.807) is 17.0 Å². The van der Waals surface area contributed by atoms with Gasteiger partial charge in [-0.2, -0.15) is 5.26 Å². The Morgan fingerprint density at radius 3 is 2.92 bits per heavy atom. The van der Waals surface area contributed by atoms with Gasteiger partial charge in [0, 0.05) is 19.2 Å². The van der Waals surface area contributed by atoms with Gasteiger partial charge in [0.25, 0.3) is 0 Å². The second kappa shape index (κ2) is 6.24. The van der Waals surface area contributed by atoms with E-state index in [4.69, 9.17) is 10.2 Å². The highest BCUT2D eigenvalue weighted by Gasteiger charge is 2.14. The van der Waals surface area contributed by atoms with Crippen molar-refractivity contribution in [1.29, 1.82) is 5.26 Å². The van der Waals surface area contributed by atoms with Gasteiger partial charge < -0.3 is 9.55 Å². The molecule has 4 rings (SSSR count). The summed E-state index contributed by atoms with van der Waals surface area (Å²) >= 11 is 0. The quantitative estimate of drug-likeness (QED) is 0.568. The normalized spacial score (nSPS) is 11.2. The monoisotopic (exact) mass is 332 g/mol. The molecule has 1 N–H and O–H groups in total. The van der Waals surface area contributed by atoms with Crippen LogP contribution >= 0.6 is 0 Å². The van der Waals surface area contributed by atoms with Gasteiger partial charge in [0.15, 0.2) is 0 Å². The van der Waals surface area contributed by atoms with Crippen LogP contribution < -0.4 is 5.69 Å². The number of nitriles is 1. The lowest BCUT2D eigenvalue weighted by Crippen LogP contribution is -2.20. The molecule has 0 bridgehead atoms. The molecule has 25 heavy (non-hydrogen) atoms. The first-order valence-corrected chi connectivity index (χ1v) is 8.11. The fourth-order valence-corrected chi connectivity index (χ4v) is 3.12. The van der Waals surface area contributed by atoms with Crippen LogP contribution in [0.3, 0.4) is 0 Å². The van der Waals surface area contributed by atoms with E-state index in [2.05, 4.69) is 20.6 Å². The van der Waals surface area contributed by atoms with Crippen LogP contribution in [0.1, 0.15) is 18.7 Å². The topological polar surface area (TPSA) is 92.3 Å². The van der Waals surface area contributed by atoms with Crippen molar-refractivity contribution in [1.82, 2.24) is 24.1 Å². The second-order valence-corrected chi connectivity index (χ2v) is 5.84. The Morgan fingerprint density at radius 1 is 1.16 bits per heavy atom. The summed E-state index contributed by atoms with van der Waals surface area (Å²) in [5.41, 5.74) is 3.24. The molecule has 0 unspecified atom stereocenters. The Bertz CT molecular complexity index is 1140. The zero-order valence-corrected chi connectivity index (χ0v) is 13.5. The molecule has 0 amide bonds. The minimum absolute atomic E-state index is 0.182. The molecular weight excluding hydrogens is 316 g/mol. The molecule has 0 spiro atoms. The van der Waals surface area contributed by atoms with Crippen LogP contribution in [0, 0.1) is 11.3 Å². The van der Waals surface area contributed by atoms with Crippen LogP contribution in [0.2, 0.25) is 0 Å². The van der Waals surface area contributed by atoms with Crippen LogP contribution in [0.25, 0.3) is 22.1 Å². The molecule has 0 saturated carbocycles. The summed E-state index contributed by atoms with van der Waals surface area (Å²) in [5, 5.41) is 8.81. The number of fused-ring (bicyclic) bond motifs is 2. The Morgan fingerprint density at radius 2 is 2.04 bits per heavy atom. The third-order valence-electron chi connectivity index (χ3n) is 4.28. The van der Waals surface area contributed by atoms with E-state index in [-0.39, 0.29) is 5.69 Å². The molecule has 0 atom stereocenters. The van der Waals surface area contributed by atoms with Crippen LogP contribution in [0.15, 0.2) is 47.5 Å². The number of imidazole rings is 2. The van der Waals surface area contributed by atoms with E-state index in [1.807, 2.05) is 30.3 Å². The van der Waals surface area contributed by atoms with Gasteiger partial charge in [0.05, 0.1) is 40.9 Å². The van der Waals surface area contributed by atoms with Crippen LogP contribution in [0.4, 0.5) is 0 Å². The van der Waals surface area contributed by atoms with Gasteiger partial charge in [-0.25, -0.2) is 9.78 Å². The van der Waals surface area contributed by atoms with E-state index >= 15 is 0 Å². The number of aryl methyl sites for hydroxylation is 1. The smallest absolute Gasteiger partial charge is 0.326 e. The molecule has 0 saturated heterocycles. The van der Waals surface area contributed by atoms with Crippen molar-refractivity contribution in [2.24, 2.45) is 0 Å². The van der Waals surface area contributed by atoms with E-state index in [9.17, 15) is 4.79 Å². The lowest BCUT2D eigenvalue weighted by molar-refractivity contribution is 0.610. The number of pyridine rings is 1. The molecule has 7 nitrogen and oxygen atoms in total. The van der Waals surface area contributed by atoms with Crippen molar-refractivity contribution < 1.29 is 0 Å². The summed E-state index contributed by atoms with van der Waals surface area (Å²) in [5.74, 6) is 0.805. The number of hydrogen-bond donors (Lipinski definition) is 1. The Labute approximate surface area is 143 Å². The highest BCUT2D eigenvalue weighted by atomic mass is 16.1. The van der Waals surface area contributed by atoms with Crippen molar-refractivity contribution in [3.63, 3.8) is 0 Å². The fourth-order valence-electron chi connectivity index (χ4n) is 3.12. The van der Waals surface area contributed by atoms with Gasteiger partial charge in [-0.05, 0) is 24.6 Å². The highest BCUT2D eigenvalue weighted by Crippen LogP contribution is 2.18. The van der Waals surface area contributed by atoms with Crippen molar-refractivity contribution in [2.45, 2.75) is 25.9 Å². The number of rotatable bonds is 5. The molecule has 4 aromatic rings. The second-order valence-electron chi connectivity index (χ2n) is 5.84. The first kappa shape index (κ1) is 15.1. The summed E-state index contributed by atoms with van der Waals surface area (Å²) in [4.78, 5) is 23.9. The molecule has 7 heteroatoms. The zero-order valence-electron chi connectivity index (χ0n) is 13.5. The first-order chi connectivity index (χ1) is 12.3. The summed E-state index contributed by atoms with van der Waals surface area (Å²) in [6.45, 7) is 1.06. The maximum atomic E-state index is 12.3. The number of aromatic amines is 1. The van der Waals surface area contributed by atoms with Crippen molar-refractivity contribution in [3.05, 3.63) is 59.0 Å². The average molecular weight is 332 g/mol. The van der Waals surface area contributed by atoms with Crippen LogP contribution in [0.5, 0.6) is 0 Å². The zero-order chi connectivity index (χ0) is 17.2. The molecule has 3 aromatic heterocycles. The minimum Gasteiger partial charge on any atom is -0.326 e. The molecule has 0 radical (unpaired) electrons. The summed E-state index contributed by atoms with van der Waals surface area (Å²) in [6, 6.07) is 11.9. The van der Waals surface area contributed by atoms with Crippen molar-refractivity contribution >= 4 is 22.1 Å². The maximum Gasteiger partial charge on any atom is 0.326 e. The maximum absolute atomic E-state index is 12.3. The lowest BCUT2D eigenvalue weighted by Gasteiger charge is -2.09. The number of H-pyrrole nitrogens is 1. The van der Waals surface area contributed by atoms with Gasteiger partial charge >= 0.3 is 5.69 Å².